The van der Waals surface area contributed by atoms with Crippen molar-refractivity contribution in [3.05, 3.63) is 48.7 Å². The maximum absolute atomic E-state index is 9.21. The summed E-state index contributed by atoms with van der Waals surface area (Å²) in [6, 6.07) is 13.6. The van der Waals surface area contributed by atoms with E-state index in [2.05, 4.69) is 4.98 Å². The molecule has 0 atom stereocenters. The van der Waals surface area contributed by atoms with E-state index in [1.807, 2.05) is 42.5 Å². The Labute approximate surface area is 89.1 Å². The van der Waals surface area contributed by atoms with Crippen molar-refractivity contribution in [2.45, 2.75) is 0 Å². The molecular formula is C11H9NOSe. The van der Waals surface area contributed by atoms with E-state index in [-0.39, 0.29) is 0 Å². The van der Waals surface area contributed by atoms with Crippen molar-refractivity contribution in [2.24, 2.45) is 0 Å². The first-order valence-electron chi connectivity index (χ1n) is 4.23. The van der Waals surface area contributed by atoms with Gasteiger partial charge in [0.15, 0.2) is 0 Å². The van der Waals surface area contributed by atoms with Crippen molar-refractivity contribution >= 4 is 19.7 Å². The van der Waals surface area contributed by atoms with Gasteiger partial charge in [-0.2, -0.15) is 0 Å². The van der Waals surface area contributed by atoms with Gasteiger partial charge in [0.25, 0.3) is 0 Å². The van der Waals surface area contributed by atoms with Gasteiger partial charge in [0.05, 0.1) is 0 Å². The van der Waals surface area contributed by atoms with Crippen LogP contribution in [0.3, 0.4) is 0 Å². The molecule has 0 saturated heterocycles. The summed E-state index contributed by atoms with van der Waals surface area (Å²) < 4.78 is 10.2. The summed E-state index contributed by atoms with van der Waals surface area (Å²) in [7, 11) is 0. The number of rotatable bonds is 2. The van der Waals surface area contributed by atoms with Gasteiger partial charge in [-0.15, -0.1) is 0 Å². The Hall–Kier alpha value is -1.15. The molecule has 2 nitrogen and oxygen atoms in total. The van der Waals surface area contributed by atoms with Crippen LogP contribution >= 0.6 is 0 Å². The Kier molecular flexibility index (Phi) is 2.94. The Balaban J connectivity index is 2.51. The zero-order chi connectivity index (χ0) is 9.80. The molecule has 14 heavy (non-hydrogen) atoms. The molecule has 0 aliphatic carbocycles. The van der Waals surface area contributed by atoms with E-state index >= 15 is 0 Å². The van der Waals surface area contributed by atoms with Crippen LogP contribution in [-0.2, 0) is 0 Å². The molecule has 0 spiro atoms. The maximum atomic E-state index is 9.21. The summed E-state index contributed by atoms with van der Waals surface area (Å²) in [5.41, 5.74) is 1.94. The van der Waals surface area contributed by atoms with E-state index in [4.69, 9.17) is 0 Å². The van der Waals surface area contributed by atoms with Crippen molar-refractivity contribution in [3.8, 4) is 11.3 Å². The quantitative estimate of drug-likeness (QED) is 0.806. The molecule has 1 aromatic heterocycles. The molecule has 1 N–H and O–H groups in total. The normalized spacial score (nSPS) is 10.1. The van der Waals surface area contributed by atoms with Crippen LogP contribution in [0.4, 0.5) is 0 Å². The van der Waals surface area contributed by atoms with Crippen molar-refractivity contribution in [2.75, 3.05) is 0 Å². The molecule has 0 unspecified atom stereocenters. The second kappa shape index (κ2) is 4.38. The van der Waals surface area contributed by atoms with Gasteiger partial charge in [0.1, 0.15) is 0 Å². The minimum absolute atomic E-state index is 0.478. The van der Waals surface area contributed by atoms with Gasteiger partial charge in [-0.25, -0.2) is 0 Å². The molecule has 0 bridgehead atoms. The molecular weight excluding hydrogens is 241 g/mol. The average Bonchev–Trinajstić information content (AvgIpc) is 2.30. The Bertz CT molecular complexity index is 417. The first kappa shape index (κ1) is 9.41. The Morgan fingerprint density at radius 2 is 1.79 bits per heavy atom. The van der Waals surface area contributed by atoms with Crippen molar-refractivity contribution in [1.29, 1.82) is 0 Å². The fourth-order valence-corrected chi connectivity index (χ4v) is 2.14. The summed E-state index contributed by atoms with van der Waals surface area (Å²) in [6.07, 6.45) is 1.76. The number of pyridine rings is 1. The molecule has 1 heterocycles. The summed E-state index contributed by atoms with van der Waals surface area (Å²) in [5, 5.41) is 0. The summed E-state index contributed by atoms with van der Waals surface area (Å²) in [4.78, 5) is 4.26. The van der Waals surface area contributed by atoms with Crippen LogP contribution in [0.2, 0.25) is 0 Å². The van der Waals surface area contributed by atoms with E-state index in [9.17, 15) is 4.19 Å². The first-order valence-corrected chi connectivity index (χ1v) is 5.86. The van der Waals surface area contributed by atoms with Crippen LogP contribution in [0.25, 0.3) is 11.3 Å². The molecule has 70 valence electrons. The van der Waals surface area contributed by atoms with Gasteiger partial charge < -0.3 is 0 Å². The Morgan fingerprint density at radius 3 is 2.50 bits per heavy atom. The molecule has 1 aromatic carbocycles. The van der Waals surface area contributed by atoms with Crippen LogP contribution in [0.5, 0.6) is 0 Å². The van der Waals surface area contributed by atoms with Crippen LogP contribution in [0.1, 0.15) is 0 Å². The molecule has 0 aliphatic rings. The molecule has 0 amide bonds. The van der Waals surface area contributed by atoms with Crippen LogP contribution in [0.15, 0.2) is 48.7 Å². The van der Waals surface area contributed by atoms with Gasteiger partial charge >= 0.3 is 88.8 Å². The second-order valence-corrected chi connectivity index (χ2v) is 4.11. The van der Waals surface area contributed by atoms with Gasteiger partial charge in [-0.05, 0) is 0 Å². The van der Waals surface area contributed by atoms with Gasteiger partial charge in [-0.1, -0.05) is 0 Å². The van der Waals surface area contributed by atoms with Crippen LogP contribution in [-0.4, -0.2) is 24.5 Å². The zero-order valence-electron chi connectivity index (χ0n) is 7.42. The summed E-state index contributed by atoms with van der Waals surface area (Å²) in [5.74, 6) is 0. The van der Waals surface area contributed by atoms with E-state index in [1.54, 1.807) is 6.20 Å². The summed E-state index contributed by atoms with van der Waals surface area (Å²) >= 11 is -0.478. The number of aromatic nitrogens is 1. The molecule has 3 heteroatoms. The van der Waals surface area contributed by atoms with Crippen LogP contribution < -0.4 is 4.46 Å². The molecule has 2 aromatic rings. The van der Waals surface area contributed by atoms with Gasteiger partial charge in [0.2, 0.25) is 0 Å². The summed E-state index contributed by atoms with van der Waals surface area (Å²) in [6.45, 7) is 0. The minimum atomic E-state index is -0.478. The predicted octanol–water partition coefficient (Wildman–Crippen LogP) is 0.985. The monoisotopic (exact) mass is 251 g/mol. The van der Waals surface area contributed by atoms with Crippen molar-refractivity contribution in [3.63, 3.8) is 0 Å². The molecule has 0 saturated carbocycles. The Morgan fingerprint density at radius 1 is 1.00 bits per heavy atom. The fraction of sp³-hybridized carbons (Fsp3) is 0. The van der Waals surface area contributed by atoms with Crippen molar-refractivity contribution < 1.29 is 4.19 Å². The topological polar surface area (TPSA) is 33.1 Å². The molecule has 2 rings (SSSR count). The molecule has 0 radical (unpaired) electrons. The number of benzene rings is 1. The first-order chi connectivity index (χ1) is 6.92. The third kappa shape index (κ3) is 1.85. The number of nitrogens with zero attached hydrogens (tertiary/aromatic N) is 1. The van der Waals surface area contributed by atoms with E-state index in [1.165, 1.54) is 0 Å². The average molecular weight is 250 g/mol. The fourth-order valence-electron chi connectivity index (χ4n) is 1.28. The predicted molar refractivity (Wildman–Crippen MR) is 57.3 cm³/mol. The van der Waals surface area contributed by atoms with E-state index in [0.717, 1.165) is 15.7 Å². The number of hydrogen-bond acceptors (Lipinski definition) is 2. The number of hydrogen-bond donors (Lipinski definition) is 1. The molecule has 0 fully saturated rings. The zero-order valence-corrected chi connectivity index (χ0v) is 9.13. The third-order valence-electron chi connectivity index (χ3n) is 1.93. The van der Waals surface area contributed by atoms with E-state index in [0.29, 0.717) is 0 Å². The van der Waals surface area contributed by atoms with Crippen LogP contribution in [0, 0.1) is 0 Å². The van der Waals surface area contributed by atoms with Gasteiger partial charge in [-0.3, -0.25) is 0 Å². The second-order valence-electron chi connectivity index (χ2n) is 2.80. The third-order valence-corrected chi connectivity index (χ3v) is 3.09. The standard InChI is InChI=1S/C11H9NOSe/c13-14-11-7-2-1-5-9(11)10-6-3-4-8-12-10/h1-8,13H. The molecule has 0 aliphatic heterocycles. The SMILES string of the molecule is O[Se]c1ccccc1-c1ccccn1. The van der Waals surface area contributed by atoms with E-state index < -0.39 is 15.3 Å². The van der Waals surface area contributed by atoms with Gasteiger partial charge in [0, 0.05) is 0 Å². The van der Waals surface area contributed by atoms with Crippen molar-refractivity contribution in [1.82, 2.24) is 4.98 Å².